The number of aromatic nitrogens is 5. The monoisotopic (exact) mass is 539 g/mol. The summed E-state index contributed by atoms with van der Waals surface area (Å²) in [6, 6.07) is 24.3. The minimum Gasteiger partial charge on any atom is -0.618 e. The lowest BCUT2D eigenvalue weighted by molar-refractivity contribution is -0.614. The molecule has 5 rings (SSSR count). The van der Waals surface area contributed by atoms with Gasteiger partial charge < -0.3 is 10.3 Å². The van der Waals surface area contributed by atoms with Crippen LogP contribution in [0.4, 0.5) is 0 Å². The van der Waals surface area contributed by atoms with E-state index in [2.05, 4.69) is 15.5 Å². The number of carboxylic acid groups (broad SMARTS) is 1. The summed E-state index contributed by atoms with van der Waals surface area (Å²) in [5.41, 5.74) is 3.90. The fourth-order valence-electron chi connectivity index (χ4n) is 4.46. The molecule has 39 heavy (non-hydrogen) atoms. The van der Waals surface area contributed by atoms with Gasteiger partial charge in [-0.05, 0) is 64.4 Å². The van der Waals surface area contributed by atoms with Gasteiger partial charge in [-0.3, -0.25) is 4.79 Å². The number of hydrogen-bond donors (Lipinski definition) is 1. The van der Waals surface area contributed by atoms with Crippen molar-refractivity contribution in [1.82, 2.24) is 20.2 Å². The molecule has 0 aliphatic rings. The Bertz CT molecular complexity index is 1620. The first-order valence-electron chi connectivity index (χ1n) is 12.0. The van der Waals surface area contributed by atoms with E-state index < -0.39 is 11.9 Å². The average Bonchev–Trinajstić information content (AvgIpc) is 3.48. The molecular weight excluding hydrogens is 518 g/mol. The molecule has 0 aliphatic heterocycles. The number of benzene rings is 3. The highest BCUT2D eigenvalue weighted by Crippen LogP contribution is 2.30. The summed E-state index contributed by atoms with van der Waals surface area (Å²) < 4.78 is 2.20. The maximum atomic E-state index is 13.6. The van der Waals surface area contributed by atoms with Crippen LogP contribution in [0.1, 0.15) is 33.1 Å². The lowest BCUT2D eigenvalue weighted by Crippen LogP contribution is -2.36. The predicted molar refractivity (Wildman–Crippen MR) is 144 cm³/mol. The van der Waals surface area contributed by atoms with Crippen molar-refractivity contribution in [1.29, 1.82) is 0 Å². The van der Waals surface area contributed by atoms with Crippen molar-refractivity contribution >= 4 is 23.4 Å². The summed E-state index contributed by atoms with van der Waals surface area (Å²) >= 11 is 6.26. The van der Waals surface area contributed by atoms with Crippen molar-refractivity contribution in [3.8, 4) is 16.8 Å². The van der Waals surface area contributed by atoms with Gasteiger partial charge in [-0.15, -0.1) is 5.10 Å². The molecule has 0 spiro atoms. The van der Waals surface area contributed by atoms with Gasteiger partial charge in [0, 0.05) is 28.6 Å². The minimum absolute atomic E-state index is 0.0525. The van der Waals surface area contributed by atoms with Crippen LogP contribution in [-0.2, 0) is 17.6 Å². The number of aromatic carboxylic acids is 1. The van der Waals surface area contributed by atoms with E-state index in [-0.39, 0.29) is 17.8 Å². The van der Waals surface area contributed by atoms with E-state index in [9.17, 15) is 14.8 Å². The van der Waals surface area contributed by atoms with Crippen LogP contribution in [0.15, 0.2) is 97.5 Å². The van der Waals surface area contributed by atoms with E-state index in [0.717, 1.165) is 10.3 Å². The fraction of sp³-hybridized carbons (Fsp3) is 0.103. The van der Waals surface area contributed by atoms with Crippen LogP contribution in [0.25, 0.3) is 16.8 Å². The molecule has 5 aromatic rings. The third kappa shape index (κ3) is 5.83. The molecule has 0 bridgehead atoms. The van der Waals surface area contributed by atoms with Crippen LogP contribution in [0, 0.1) is 5.21 Å². The second-order valence-electron chi connectivity index (χ2n) is 8.97. The van der Waals surface area contributed by atoms with E-state index in [1.54, 1.807) is 42.5 Å². The topological polar surface area (TPSA) is 125 Å². The number of carboxylic acids is 1. The molecule has 0 saturated carbocycles. The number of hydrogen-bond acceptors (Lipinski definition) is 6. The number of halogens is 1. The Kier molecular flexibility index (Phi) is 7.42. The maximum Gasteiger partial charge on any atom is 0.335 e. The predicted octanol–water partition coefficient (Wildman–Crippen LogP) is 4.45. The van der Waals surface area contributed by atoms with Crippen LogP contribution < -0.4 is 4.73 Å². The van der Waals surface area contributed by atoms with E-state index in [1.165, 1.54) is 29.3 Å². The number of nitrogens with zero attached hydrogens (tertiary/aromatic N) is 5. The standard InChI is InChI=1S/C29H22ClN5O4/c30-23-11-13-26(34-18-31-32-33-34)24(16-23)22-10-12-27(35(39)17-22)25(14-19-4-2-1-3-5-19)28(36)15-20-6-8-21(9-7-20)29(37)38/h1-13,16-18,25H,14-15H2,(H,37,38)/t25-/m1/s1. The van der Waals surface area contributed by atoms with E-state index >= 15 is 0 Å². The highest BCUT2D eigenvalue weighted by molar-refractivity contribution is 6.31. The highest BCUT2D eigenvalue weighted by Gasteiger charge is 2.28. The number of carbonyl (C=O) groups excluding carboxylic acids is 1. The Morgan fingerprint density at radius 3 is 2.41 bits per heavy atom. The van der Waals surface area contributed by atoms with Crippen LogP contribution in [-0.4, -0.2) is 37.1 Å². The zero-order valence-corrected chi connectivity index (χ0v) is 21.3. The first kappa shape index (κ1) is 25.7. The van der Waals surface area contributed by atoms with Gasteiger partial charge in [-0.1, -0.05) is 54.1 Å². The Morgan fingerprint density at radius 1 is 0.974 bits per heavy atom. The molecule has 9 nitrogen and oxygen atoms in total. The molecule has 0 unspecified atom stereocenters. The van der Waals surface area contributed by atoms with Gasteiger partial charge in [0.1, 0.15) is 12.2 Å². The van der Waals surface area contributed by atoms with Crippen molar-refractivity contribution in [2.24, 2.45) is 0 Å². The summed E-state index contributed by atoms with van der Waals surface area (Å²) in [7, 11) is 0. The molecule has 0 saturated heterocycles. The van der Waals surface area contributed by atoms with Gasteiger partial charge in [-0.25, -0.2) is 4.79 Å². The third-order valence-electron chi connectivity index (χ3n) is 6.42. The summed E-state index contributed by atoms with van der Waals surface area (Å²) in [6.45, 7) is 0. The molecule has 0 amide bonds. The molecule has 3 aromatic carbocycles. The summed E-state index contributed by atoms with van der Waals surface area (Å²) in [6.07, 6.45) is 3.25. The average molecular weight is 540 g/mol. The lowest BCUT2D eigenvalue weighted by Gasteiger charge is -2.17. The quantitative estimate of drug-likeness (QED) is 0.217. The maximum absolute atomic E-state index is 13.6. The molecular formula is C29H22ClN5O4. The number of carbonyl (C=O) groups is 2. The van der Waals surface area contributed by atoms with Crippen molar-refractivity contribution in [2.45, 2.75) is 18.8 Å². The molecule has 0 aliphatic carbocycles. The molecule has 1 atom stereocenters. The molecule has 10 heteroatoms. The minimum atomic E-state index is -1.04. The smallest absolute Gasteiger partial charge is 0.335 e. The summed E-state index contributed by atoms with van der Waals surface area (Å²) in [5, 5.41) is 34.4. The zero-order valence-electron chi connectivity index (χ0n) is 20.5. The largest absolute Gasteiger partial charge is 0.618 e. The lowest BCUT2D eigenvalue weighted by atomic mass is 9.88. The van der Waals surface area contributed by atoms with Crippen LogP contribution in [0.5, 0.6) is 0 Å². The van der Waals surface area contributed by atoms with Gasteiger partial charge in [0.25, 0.3) is 0 Å². The van der Waals surface area contributed by atoms with E-state index in [0.29, 0.717) is 39.5 Å². The number of Topliss-reactive ketones (excluding diaryl/α,β-unsaturated/α-hetero) is 1. The molecule has 0 fully saturated rings. The molecule has 194 valence electrons. The first-order chi connectivity index (χ1) is 18.9. The van der Waals surface area contributed by atoms with Crippen LogP contribution >= 0.6 is 11.6 Å². The van der Waals surface area contributed by atoms with Gasteiger partial charge in [-0.2, -0.15) is 9.41 Å². The third-order valence-corrected chi connectivity index (χ3v) is 6.65. The van der Waals surface area contributed by atoms with E-state index in [4.69, 9.17) is 16.7 Å². The molecule has 1 N–H and O–H groups in total. The van der Waals surface area contributed by atoms with Gasteiger partial charge in [0.15, 0.2) is 12.0 Å². The summed E-state index contributed by atoms with van der Waals surface area (Å²) in [5.74, 6) is -1.92. The van der Waals surface area contributed by atoms with Crippen molar-refractivity contribution in [3.63, 3.8) is 0 Å². The Labute approximate surface area is 228 Å². The van der Waals surface area contributed by atoms with Crippen molar-refractivity contribution < 1.29 is 19.4 Å². The number of pyridine rings is 1. The highest BCUT2D eigenvalue weighted by atomic mass is 35.5. The van der Waals surface area contributed by atoms with Gasteiger partial charge in [0.05, 0.1) is 11.3 Å². The van der Waals surface area contributed by atoms with E-state index in [1.807, 2.05) is 30.3 Å². The Hall–Kier alpha value is -4.89. The zero-order chi connectivity index (χ0) is 27.4. The first-order valence-corrected chi connectivity index (χ1v) is 12.4. The number of tetrazole rings is 1. The molecule has 2 aromatic heterocycles. The number of rotatable bonds is 9. The summed E-state index contributed by atoms with van der Waals surface area (Å²) in [4.78, 5) is 24.8. The molecule has 0 radical (unpaired) electrons. The SMILES string of the molecule is O=C(O)c1ccc(CC(=O)[C@H](Cc2ccccc2)c2ccc(-c3cc(Cl)ccc3-n3cnnn3)c[n+]2[O-])cc1. The Balaban J connectivity index is 1.50. The number of ketones is 1. The van der Waals surface area contributed by atoms with Gasteiger partial charge in [0.2, 0.25) is 5.69 Å². The van der Waals surface area contributed by atoms with Crippen molar-refractivity contribution in [2.75, 3.05) is 0 Å². The van der Waals surface area contributed by atoms with Crippen molar-refractivity contribution in [3.05, 3.63) is 130 Å². The normalized spacial score (nSPS) is 11.7. The molecule has 2 heterocycles. The fourth-order valence-corrected chi connectivity index (χ4v) is 4.63. The van der Waals surface area contributed by atoms with Crippen LogP contribution in [0.2, 0.25) is 5.02 Å². The Morgan fingerprint density at radius 2 is 1.74 bits per heavy atom. The van der Waals surface area contributed by atoms with Gasteiger partial charge >= 0.3 is 5.97 Å². The second-order valence-corrected chi connectivity index (χ2v) is 9.41. The second kappa shape index (κ2) is 11.2. The van der Waals surface area contributed by atoms with Crippen LogP contribution in [0.3, 0.4) is 0 Å².